The van der Waals surface area contributed by atoms with Gasteiger partial charge in [-0.1, -0.05) is 19.3 Å². The highest BCUT2D eigenvalue weighted by molar-refractivity contribution is 5.90. The number of carbonyl (C=O) groups is 2. The number of nitrogens with two attached hydrogens (primary N) is 1. The molecule has 6 nitrogen and oxygen atoms in total. The van der Waals surface area contributed by atoms with Crippen LogP contribution in [0.2, 0.25) is 0 Å². The molecule has 1 aromatic carbocycles. The summed E-state index contributed by atoms with van der Waals surface area (Å²) in [5, 5.41) is 9.97. The maximum atomic E-state index is 14.1. The summed E-state index contributed by atoms with van der Waals surface area (Å²) in [7, 11) is 0. The van der Waals surface area contributed by atoms with Crippen LogP contribution in [-0.4, -0.2) is 30.2 Å². The monoisotopic (exact) mass is 427 g/mol. The number of aryl methyl sites for hydroxylation is 1. The Labute approximate surface area is 173 Å². The number of halogens is 3. The number of amides is 1. The van der Waals surface area contributed by atoms with E-state index < -0.39 is 41.6 Å². The van der Waals surface area contributed by atoms with Crippen LogP contribution in [0.1, 0.15) is 56.9 Å². The first-order chi connectivity index (χ1) is 14.2. The zero-order valence-electron chi connectivity index (χ0n) is 17.0. The lowest BCUT2D eigenvalue weighted by molar-refractivity contribution is -0.131. The van der Waals surface area contributed by atoms with E-state index in [2.05, 4.69) is 5.32 Å². The second-order valence-corrected chi connectivity index (χ2v) is 7.70. The predicted molar refractivity (Wildman–Crippen MR) is 106 cm³/mol. The van der Waals surface area contributed by atoms with Gasteiger partial charge in [0.25, 0.3) is 0 Å². The molecule has 0 heterocycles. The Morgan fingerprint density at radius 1 is 1.23 bits per heavy atom. The number of benzene rings is 1. The van der Waals surface area contributed by atoms with Gasteiger partial charge in [-0.15, -0.1) is 0 Å². The molecule has 1 unspecified atom stereocenters. The van der Waals surface area contributed by atoms with Gasteiger partial charge in [-0.2, -0.15) is 4.39 Å². The Morgan fingerprint density at radius 2 is 1.90 bits per heavy atom. The highest BCUT2D eigenvalue weighted by Gasteiger charge is 2.28. The van der Waals surface area contributed by atoms with Crippen LogP contribution in [0.25, 0.3) is 0 Å². The average Bonchev–Trinajstić information content (AvgIpc) is 3.23. The molecule has 1 fully saturated rings. The molecule has 2 rings (SSSR count). The second kappa shape index (κ2) is 11.0. The van der Waals surface area contributed by atoms with Crippen LogP contribution in [0.15, 0.2) is 6.07 Å². The molecule has 1 aliphatic carbocycles. The molecule has 1 amide bonds. The summed E-state index contributed by atoms with van der Waals surface area (Å²) in [5.41, 5.74) is 5.18. The number of hydrogen-bond donors (Lipinski definition) is 3. The smallest absolute Gasteiger partial charge is 0.223 e. The fourth-order valence-corrected chi connectivity index (χ4v) is 3.53. The van der Waals surface area contributed by atoms with Crippen molar-refractivity contribution in [2.45, 2.75) is 64.3 Å². The SMILES string of the molecule is Cc1cc(F)c(F)c(OCC(=O)C(CCCCC(=N)N)NC(=O)C2CCCC2)c1F. The van der Waals surface area contributed by atoms with Crippen LogP contribution >= 0.6 is 0 Å². The first kappa shape index (κ1) is 23.7. The Balaban J connectivity index is 2.03. The predicted octanol–water partition coefficient (Wildman–Crippen LogP) is 3.53. The molecule has 0 saturated heterocycles. The van der Waals surface area contributed by atoms with Crippen molar-refractivity contribution in [1.29, 1.82) is 5.41 Å². The van der Waals surface area contributed by atoms with Gasteiger partial charge in [0, 0.05) is 12.3 Å². The molecule has 1 saturated carbocycles. The van der Waals surface area contributed by atoms with E-state index in [-0.39, 0.29) is 29.6 Å². The molecule has 0 spiro atoms. The molecule has 0 aliphatic heterocycles. The third kappa shape index (κ3) is 6.47. The minimum atomic E-state index is -1.50. The van der Waals surface area contributed by atoms with E-state index >= 15 is 0 Å². The van der Waals surface area contributed by atoms with E-state index in [1.807, 2.05) is 0 Å². The fourth-order valence-electron chi connectivity index (χ4n) is 3.53. The number of ether oxygens (including phenoxy) is 1. The summed E-state index contributed by atoms with van der Waals surface area (Å²) >= 11 is 0. The summed E-state index contributed by atoms with van der Waals surface area (Å²) in [6.45, 7) is 0.547. The third-order valence-corrected chi connectivity index (χ3v) is 5.28. The number of ketones is 1. The Morgan fingerprint density at radius 3 is 2.53 bits per heavy atom. The molecule has 9 heteroatoms. The highest BCUT2D eigenvalue weighted by atomic mass is 19.2. The van der Waals surface area contributed by atoms with Gasteiger partial charge < -0.3 is 15.8 Å². The van der Waals surface area contributed by atoms with Crippen molar-refractivity contribution in [3.05, 3.63) is 29.1 Å². The van der Waals surface area contributed by atoms with Crippen molar-refractivity contribution in [2.75, 3.05) is 6.61 Å². The van der Waals surface area contributed by atoms with Gasteiger partial charge in [0.2, 0.25) is 11.7 Å². The van der Waals surface area contributed by atoms with Crippen LogP contribution < -0.4 is 15.8 Å². The van der Waals surface area contributed by atoms with Gasteiger partial charge in [-0.05, 0) is 44.2 Å². The zero-order valence-corrected chi connectivity index (χ0v) is 17.0. The average molecular weight is 427 g/mol. The summed E-state index contributed by atoms with van der Waals surface area (Å²) < 4.78 is 46.5. The van der Waals surface area contributed by atoms with Crippen LogP contribution in [-0.2, 0) is 9.59 Å². The largest absolute Gasteiger partial charge is 0.480 e. The molecular formula is C21H28F3N3O3. The van der Waals surface area contributed by atoms with Gasteiger partial charge in [0.05, 0.1) is 11.9 Å². The number of amidine groups is 1. The molecule has 4 N–H and O–H groups in total. The van der Waals surface area contributed by atoms with Crippen molar-refractivity contribution in [2.24, 2.45) is 11.7 Å². The van der Waals surface area contributed by atoms with E-state index in [9.17, 15) is 22.8 Å². The van der Waals surface area contributed by atoms with Gasteiger partial charge in [0.15, 0.2) is 23.2 Å². The molecule has 0 radical (unpaired) electrons. The van der Waals surface area contributed by atoms with Crippen molar-refractivity contribution >= 4 is 17.5 Å². The summed E-state index contributed by atoms with van der Waals surface area (Å²) in [6.07, 6.45) is 5.15. The highest BCUT2D eigenvalue weighted by Crippen LogP contribution is 2.27. The number of rotatable bonds is 11. The van der Waals surface area contributed by atoms with Crippen LogP contribution in [0.5, 0.6) is 5.75 Å². The first-order valence-corrected chi connectivity index (χ1v) is 10.1. The lowest BCUT2D eigenvalue weighted by Gasteiger charge is -2.20. The van der Waals surface area contributed by atoms with Gasteiger partial charge in [-0.3, -0.25) is 15.0 Å². The fraction of sp³-hybridized carbons (Fsp3) is 0.571. The standard InChI is InChI=1S/C21H28F3N3O3/c1-12-10-14(22)19(24)20(18(12)23)30-11-16(28)15(8-4-5-9-17(25)26)27-21(29)13-6-2-3-7-13/h10,13,15H,2-9,11H2,1H3,(H3,25,26)(H,27,29). The van der Waals surface area contributed by atoms with E-state index in [0.29, 0.717) is 25.3 Å². The van der Waals surface area contributed by atoms with Crippen LogP contribution in [0.4, 0.5) is 13.2 Å². The second-order valence-electron chi connectivity index (χ2n) is 7.70. The Bertz CT molecular complexity index is 769. The molecule has 0 bridgehead atoms. The summed E-state index contributed by atoms with van der Waals surface area (Å²) in [5.74, 6) is -5.71. The maximum absolute atomic E-state index is 14.1. The number of nitrogens with one attached hydrogen (secondary N) is 2. The lowest BCUT2D eigenvalue weighted by Crippen LogP contribution is -2.45. The quantitative estimate of drug-likeness (QED) is 0.217. The number of hydrogen-bond acceptors (Lipinski definition) is 4. The molecule has 1 atom stereocenters. The summed E-state index contributed by atoms with van der Waals surface area (Å²) in [6, 6.07) is -0.190. The first-order valence-electron chi connectivity index (χ1n) is 10.1. The third-order valence-electron chi connectivity index (χ3n) is 5.28. The normalized spacial score (nSPS) is 15.1. The topological polar surface area (TPSA) is 105 Å². The van der Waals surface area contributed by atoms with Gasteiger partial charge >= 0.3 is 0 Å². The summed E-state index contributed by atoms with van der Waals surface area (Å²) in [4.78, 5) is 25.1. The van der Waals surface area contributed by atoms with Crippen molar-refractivity contribution < 1.29 is 27.5 Å². The van der Waals surface area contributed by atoms with Crippen molar-refractivity contribution in [3.8, 4) is 5.75 Å². The minimum Gasteiger partial charge on any atom is -0.480 e. The van der Waals surface area contributed by atoms with Gasteiger partial charge in [0.1, 0.15) is 6.61 Å². The Kier molecular flexibility index (Phi) is 8.68. The Hall–Kier alpha value is -2.58. The zero-order chi connectivity index (χ0) is 22.3. The molecule has 1 aromatic rings. The lowest BCUT2D eigenvalue weighted by atomic mass is 10.0. The minimum absolute atomic E-state index is 0.0311. The van der Waals surface area contributed by atoms with E-state index in [4.69, 9.17) is 15.9 Å². The van der Waals surface area contributed by atoms with Gasteiger partial charge in [-0.25, -0.2) is 8.78 Å². The maximum Gasteiger partial charge on any atom is 0.223 e. The van der Waals surface area contributed by atoms with Crippen LogP contribution in [0, 0.1) is 35.7 Å². The van der Waals surface area contributed by atoms with Crippen LogP contribution in [0.3, 0.4) is 0 Å². The number of unbranched alkanes of at least 4 members (excludes halogenated alkanes) is 1. The van der Waals surface area contributed by atoms with E-state index in [1.54, 1.807) is 0 Å². The molecular weight excluding hydrogens is 399 g/mol. The molecule has 0 aromatic heterocycles. The van der Waals surface area contributed by atoms with E-state index in [1.165, 1.54) is 6.92 Å². The molecule has 1 aliphatic rings. The van der Waals surface area contributed by atoms with Crippen molar-refractivity contribution in [3.63, 3.8) is 0 Å². The number of carbonyl (C=O) groups excluding carboxylic acids is 2. The number of Topliss-reactive ketones (excluding diaryl/α,β-unsaturated/α-hetero) is 1. The van der Waals surface area contributed by atoms with Crippen molar-refractivity contribution in [1.82, 2.24) is 5.32 Å². The van der Waals surface area contributed by atoms with E-state index in [0.717, 1.165) is 25.7 Å². The molecule has 30 heavy (non-hydrogen) atoms. The molecule has 166 valence electrons.